The number of anilines is 1. The van der Waals surface area contributed by atoms with Crippen LogP contribution in [0.3, 0.4) is 0 Å². The minimum absolute atomic E-state index is 0.0715. The average Bonchev–Trinajstić information content (AvgIpc) is 2.30. The molecule has 1 aromatic heterocycles. The van der Waals surface area contributed by atoms with Crippen molar-refractivity contribution < 1.29 is 19.3 Å². The maximum absolute atomic E-state index is 13.1. The molecule has 0 aromatic carbocycles. The molecule has 7 nitrogen and oxygen atoms in total. The molecular weight excluding hydrogens is 233 g/mol. The van der Waals surface area contributed by atoms with Crippen LogP contribution in [0.15, 0.2) is 11.0 Å². The predicted molar refractivity (Wildman–Crippen MR) is 56.6 cm³/mol. The summed E-state index contributed by atoms with van der Waals surface area (Å²) in [6, 6.07) is 0. The van der Waals surface area contributed by atoms with E-state index in [1.165, 1.54) is 7.11 Å². The molecule has 1 rings (SSSR count). The summed E-state index contributed by atoms with van der Waals surface area (Å²) < 4.78 is 18.6. The monoisotopic (exact) mass is 247 g/mol. The second-order valence-electron chi connectivity index (χ2n) is 3.42. The molecular formula is C9H14FN3O4. The van der Waals surface area contributed by atoms with E-state index >= 15 is 0 Å². The van der Waals surface area contributed by atoms with Gasteiger partial charge in [0.25, 0.3) is 0 Å². The van der Waals surface area contributed by atoms with Crippen molar-refractivity contribution in [2.24, 2.45) is 0 Å². The number of ether oxygens (including phenoxy) is 1. The Labute approximate surface area is 96.3 Å². The van der Waals surface area contributed by atoms with Crippen LogP contribution in [0.5, 0.6) is 0 Å². The standard InChI is InChI=1S/C9H14FN3O4/c1-17-5(4-14)2-7(15)13-3-6(10)8(11)12-9(13)16/h3,5,7,14-15H,2,4H2,1H3,(H2,11,12,16). The molecule has 0 spiro atoms. The molecule has 17 heavy (non-hydrogen) atoms. The van der Waals surface area contributed by atoms with E-state index in [2.05, 4.69) is 4.98 Å². The van der Waals surface area contributed by atoms with E-state index in [1.807, 2.05) is 0 Å². The lowest BCUT2D eigenvalue weighted by molar-refractivity contribution is -0.0144. The van der Waals surface area contributed by atoms with Crippen LogP contribution >= 0.6 is 0 Å². The van der Waals surface area contributed by atoms with Gasteiger partial charge in [-0.05, 0) is 0 Å². The smallest absolute Gasteiger partial charge is 0.351 e. The molecule has 0 radical (unpaired) electrons. The molecule has 0 saturated heterocycles. The fraction of sp³-hybridized carbons (Fsp3) is 0.556. The Hall–Kier alpha value is -1.51. The zero-order chi connectivity index (χ0) is 13.0. The number of hydrogen-bond donors (Lipinski definition) is 3. The van der Waals surface area contributed by atoms with Crippen LogP contribution in [0.2, 0.25) is 0 Å². The third-order valence-corrected chi connectivity index (χ3v) is 2.27. The lowest BCUT2D eigenvalue weighted by Gasteiger charge is -2.18. The van der Waals surface area contributed by atoms with Crippen LogP contribution in [-0.2, 0) is 4.74 Å². The third kappa shape index (κ3) is 3.22. The molecule has 1 heterocycles. The number of aromatic nitrogens is 2. The Kier molecular flexibility index (Phi) is 4.55. The predicted octanol–water partition coefficient (Wildman–Crippen LogP) is -1.15. The topological polar surface area (TPSA) is 111 Å². The zero-order valence-electron chi connectivity index (χ0n) is 9.21. The summed E-state index contributed by atoms with van der Waals surface area (Å²) in [4.78, 5) is 14.5. The summed E-state index contributed by atoms with van der Waals surface area (Å²) in [5.74, 6) is -1.43. The quantitative estimate of drug-likeness (QED) is 0.606. The Morgan fingerprint density at radius 2 is 2.35 bits per heavy atom. The van der Waals surface area contributed by atoms with E-state index in [9.17, 15) is 14.3 Å². The Morgan fingerprint density at radius 1 is 1.71 bits per heavy atom. The number of rotatable bonds is 5. The average molecular weight is 247 g/mol. The van der Waals surface area contributed by atoms with Gasteiger partial charge in [-0.15, -0.1) is 0 Å². The summed E-state index contributed by atoms with van der Waals surface area (Å²) in [5.41, 5.74) is 4.23. The zero-order valence-corrected chi connectivity index (χ0v) is 9.21. The fourth-order valence-corrected chi connectivity index (χ4v) is 1.27. The van der Waals surface area contributed by atoms with E-state index in [1.54, 1.807) is 0 Å². The lowest BCUT2D eigenvalue weighted by atomic mass is 10.2. The van der Waals surface area contributed by atoms with Crippen molar-refractivity contribution in [3.8, 4) is 0 Å². The van der Waals surface area contributed by atoms with Crippen molar-refractivity contribution in [2.75, 3.05) is 19.5 Å². The molecule has 0 bridgehead atoms. The van der Waals surface area contributed by atoms with E-state index in [0.717, 1.165) is 6.20 Å². The van der Waals surface area contributed by atoms with Crippen molar-refractivity contribution in [3.05, 3.63) is 22.5 Å². The van der Waals surface area contributed by atoms with Crippen LogP contribution in [0, 0.1) is 5.82 Å². The van der Waals surface area contributed by atoms with Gasteiger partial charge in [0.2, 0.25) is 0 Å². The second-order valence-corrected chi connectivity index (χ2v) is 3.42. The number of aliphatic hydroxyl groups excluding tert-OH is 2. The van der Waals surface area contributed by atoms with Gasteiger partial charge in [0.15, 0.2) is 11.6 Å². The minimum Gasteiger partial charge on any atom is -0.394 e. The maximum Gasteiger partial charge on any atom is 0.351 e. The molecule has 2 atom stereocenters. The van der Waals surface area contributed by atoms with Crippen molar-refractivity contribution in [1.82, 2.24) is 9.55 Å². The van der Waals surface area contributed by atoms with Crippen molar-refractivity contribution in [1.29, 1.82) is 0 Å². The van der Waals surface area contributed by atoms with Crippen LogP contribution in [-0.4, -0.2) is 39.6 Å². The third-order valence-electron chi connectivity index (χ3n) is 2.27. The van der Waals surface area contributed by atoms with Gasteiger partial charge in [0, 0.05) is 13.5 Å². The van der Waals surface area contributed by atoms with E-state index in [-0.39, 0.29) is 13.0 Å². The molecule has 0 aliphatic rings. The Bertz CT molecular complexity index is 433. The number of aliphatic hydroxyl groups is 2. The number of nitrogens with zero attached hydrogens (tertiary/aromatic N) is 2. The summed E-state index contributed by atoms with van der Waals surface area (Å²) in [6.07, 6.45) is -1.31. The summed E-state index contributed by atoms with van der Waals surface area (Å²) >= 11 is 0. The van der Waals surface area contributed by atoms with Gasteiger partial charge < -0.3 is 20.7 Å². The highest BCUT2D eigenvalue weighted by molar-refractivity contribution is 5.26. The van der Waals surface area contributed by atoms with Crippen LogP contribution < -0.4 is 11.4 Å². The molecule has 1 aromatic rings. The molecule has 0 aliphatic carbocycles. The van der Waals surface area contributed by atoms with Crippen molar-refractivity contribution in [2.45, 2.75) is 18.8 Å². The van der Waals surface area contributed by atoms with Gasteiger partial charge in [-0.2, -0.15) is 4.98 Å². The first kappa shape index (κ1) is 13.6. The van der Waals surface area contributed by atoms with Crippen molar-refractivity contribution in [3.63, 3.8) is 0 Å². The molecule has 2 unspecified atom stereocenters. The van der Waals surface area contributed by atoms with E-state index in [4.69, 9.17) is 15.6 Å². The highest BCUT2D eigenvalue weighted by atomic mass is 19.1. The number of hydrogen-bond acceptors (Lipinski definition) is 6. The first-order valence-electron chi connectivity index (χ1n) is 4.85. The maximum atomic E-state index is 13.1. The van der Waals surface area contributed by atoms with Gasteiger partial charge in [-0.25, -0.2) is 9.18 Å². The van der Waals surface area contributed by atoms with E-state index in [0.29, 0.717) is 4.57 Å². The van der Waals surface area contributed by atoms with Gasteiger partial charge in [-0.1, -0.05) is 0 Å². The van der Waals surface area contributed by atoms with E-state index < -0.39 is 29.7 Å². The van der Waals surface area contributed by atoms with Gasteiger partial charge in [0.05, 0.1) is 18.9 Å². The largest absolute Gasteiger partial charge is 0.394 e. The molecule has 0 amide bonds. The molecule has 0 aliphatic heterocycles. The highest BCUT2D eigenvalue weighted by Crippen LogP contribution is 2.11. The first-order valence-corrected chi connectivity index (χ1v) is 4.85. The van der Waals surface area contributed by atoms with Crippen LogP contribution in [0.4, 0.5) is 10.2 Å². The number of methoxy groups -OCH3 is 1. The number of halogens is 1. The SMILES string of the molecule is COC(CO)CC(O)n1cc(F)c(N)nc1=O. The molecule has 0 fully saturated rings. The first-order chi connectivity index (χ1) is 7.99. The minimum atomic E-state index is -1.35. The second kappa shape index (κ2) is 5.71. The normalized spacial score (nSPS) is 14.6. The number of nitrogen functional groups attached to an aromatic ring is 1. The number of nitrogens with two attached hydrogens (primary N) is 1. The molecule has 8 heteroatoms. The lowest BCUT2D eigenvalue weighted by Crippen LogP contribution is -2.31. The van der Waals surface area contributed by atoms with Gasteiger partial charge in [-0.3, -0.25) is 4.57 Å². The highest BCUT2D eigenvalue weighted by Gasteiger charge is 2.17. The molecule has 0 saturated carbocycles. The van der Waals surface area contributed by atoms with Gasteiger partial charge in [0.1, 0.15) is 6.23 Å². The molecule has 96 valence electrons. The summed E-state index contributed by atoms with van der Waals surface area (Å²) in [5, 5.41) is 18.5. The summed E-state index contributed by atoms with van der Waals surface area (Å²) in [6.45, 7) is -0.326. The van der Waals surface area contributed by atoms with Crippen LogP contribution in [0.25, 0.3) is 0 Å². The Morgan fingerprint density at radius 3 is 2.88 bits per heavy atom. The molecule has 4 N–H and O–H groups in total. The fourth-order valence-electron chi connectivity index (χ4n) is 1.27. The van der Waals surface area contributed by atoms with Crippen LogP contribution in [0.1, 0.15) is 12.6 Å². The Balaban J connectivity index is 2.92. The van der Waals surface area contributed by atoms with Gasteiger partial charge >= 0.3 is 5.69 Å². The van der Waals surface area contributed by atoms with Crippen molar-refractivity contribution >= 4 is 5.82 Å². The summed E-state index contributed by atoms with van der Waals surface area (Å²) in [7, 11) is 1.35.